The van der Waals surface area contributed by atoms with Crippen molar-refractivity contribution in [3.63, 3.8) is 0 Å². The van der Waals surface area contributed by atoms with Gasteiger partial charge in [0.1, 0.15) is 11.0 Å². The average Bonchev–Trinajstić information content (AvgIpc) is 2.99. The van der Waals surface area contributed by atoms with E-state index < -0.39 is 45.6 Å². The number of aryl methyl sites for hydroxylation is 2. The van der Waals surface area contributed by atoms with Crippen LogP contribution in [0, 0.1) is 13.8 Å². The van der Waals surface area contributed by atoms with Gasteiger partial charge in [-0.25, -0.2) is 24.5 Å². The molecule has 0 saturated heterocycles. The zero-order valence-corrected chi connectivity index (χ0v) is 30.0. The summed E-state index contributed by atoms with van der Waals surface area (Å²) in [5.41, 5.74) is -1.09. The molecule has 2 aromatic carbocycles. The maximum Gasteiger partial charge on any atom is 0.417 e. The minimum Gasteiger partial charge on any atom is -0.370 e. The lowest BCUT2D eigenvalue weighted by atomic mass is 10.2. The molecule has 4 rings (SSSR count). The summed E-state index contributed by atoms with van der Waals surface area (Å²) in [6.45, 7) is 4.98. The molecule has 4 amide bonds. The van der Waals surface area contributed by atoms with E-state index >= 15 is 0 Å². The normalized spacial score (nSPS) is 11.3. The summed E-state index contributed by atoms with van der Waals surface area (Å²) in [4.78, 5) is 42.0. The third-order valence-electron chi connectivity index (χ3n) is 6.28. The summed E-state index contributed by atoms with van der Waals surface area (Å²) >= 11 is 16.8. The fourth-order valence-electron chi connectivity index (χ4n) is 4.08. The van der Waals surface area contributed by atoms with Crippen molar-refractivity contribution in [3.8, 4) is 0 Å². The van der Waals surface area contributed by atoms with Crippen molar-refractivity contribution in [3.05, 3.63) is 86.2 Å². The van der Waals surface area contributed by atoms with Gasteiger partial charge in [-0.3, -0.25) is 10.6 Å². The van der Waals surface area contributed by atoms with E-state index in [1.54, 1.807) is 19.9 Å². The lowest BCUT2D eigenvalue weighted by Crippen LogP contribution is -2.22. The molecule has 0 atom stereocenters. The van der Waals surface area contributed by atoms with Crippen LogP contribution in [0.2, 0.25) is 15.2 Å². The van der Waals surface area contributed by atoms with E-state index in [1.165, 1.54) is 18.2 Å². The molecular formula is C31H31Cl3F6N10O2. The fraction of sp³-hybridized carbons (Fsp3) is 0.290. The fourth-order valence-corrected chi connectivity index (χ4v) is 4.77. The van der Waals surface area contributed by atoms with Crippen molar-refractivity contribution in [1.29, 1.82) is 0 Å². The smallest absolute Gasteiger partial charge is 0.370 e. The molecule has 0 saturated carbocycles. The van der Waals surface area contributed by atoms with Gasteiger partial charge in [0.05, 0.1) is 21.2 Å². The quantitative estimate of drug-likeness (QED) is 0.0640. The highest BCUT2D eigenvalue weighted by molar-refractivity contribution is 6.32. The van der Waals surface area contributed by atoms with Crippen molar-refractivity contribution in [2.45, 2.75) is 32.6 Å². The standard InChI is InChI=1S/C18H22ClF3N6O.C13H9Cl2F3N4O/c1-11-9-15(23-7-4-8-28(2)3)26-16(24-11)27-17(29)25-12-5-6-14(19)13(10-12)18(20,21)22;1-6-4-10(15)21-11(19-6)22-12(23)20-7-2-3-9(14)8(5-7)13(16,17)18/h5-6,9-10H,4,7-8H2,1-3H3,(H3,23,24,25,26,27,29);2-5H,1H3,(H2,19,20,21,22,23). The molecule has 0 unspecified atom stereocenters. The maximum absolute atomic E-state index is 12.9. The molecular weight excluding hydrogens is 765 g/mol. The second-order valence-corrected chi connectivity index (χ2v) is 12.2. The van der Waals surface area contributed by atoms with Crippen LogP contribution in [0.25, 0.3) is 0 Å². The molecule has 5 N–H and O–H groups in total. The number of nitrogens with zero attached hydrogens (tertiary/aromatic N) is 5. The first-order valence-electron chi connectivity index (χ1n) is 14.8. The maximum atomic E-state index is 12.9. The molecule has 52 heavy (non-hydrogen) atoms. The third-order valence-corrected chi connectivity index (χ3v) is 7.13. The third kappa shape index (κ3) is 13.8. The first-order chi connectivity index (χ1) is 24.2. The van der Waals surface area contributed by atoms with Crippen LogP contribution in [-0.2, 0) is 12.4 Å². The van der Waals surface area contributed by atoms with Crippen LogP contribution < -0.4 is 26.6 Å². The van der Waals surface area contributed by atoms with Crippen LogP contribution in [0.1, 0.15) is 28.9 Å². The summed E-state index contributed by atoms with van der Waals surface area (Å²) < 4.78 is 77.1. The molecule has 0 spiro atoms. The second-order valence-electron chi connectivity index (χ2n) is 11.0. The number of urea groups is 2. The molecule has 4 aromatic rings. The Bertz CT molecular complexity index is 1860. The number of halogens is 9. The van der Waals surface area contributed by atoms with Crippen LogP contribution in [0.15, 0.2) is 48.5 Å². The number of hydrogen-bond acceptors (Lipinski definition) is 8. The van der Waals surface area contributed by atoms with Crippen LogP contribution in [0.5, 0.6) is 0 Å². The Balaban J connectivity index is 0.000000288. The van der Waals surface area contributed by atoms with Crippen molar-refractivity contribution in [2.75, 3.05) is 53.8 Å². The Morgan fingerprint density at radius 2 is 1.13 bits per heavy atom. The van der Waals surface area contributed by atoms with Crippen LogP contribution in [0.4, 0.5) is 65.0 Å². The lowest BCUT2D eigenvalue weighted by Gasteiger charge is -2.13. The monoisotopic (exact) mass is 794 g/mol. The predicted molar refractivity (Wildman–Crippen MR) is 188 cm³/mol. The van der Waals surface area contributed by atoms with E-state index in [4.69, 9.17) is 34.8 Å². The average molecular weight is 796 g/mol. The van der Waals surface area contributed by atoms with E-state index in [2.05, 4.69) is 51.4 Å². The molecule has 12 nitrogen and oxygen atoms in total. The Kier molecular flexibility index (Phi) is 14.6. The summed E-state index contributed by atoms with van der Waals surface area (Å²) in [7, 11) is 3.96. The summed E-state index contributed by atoms with van der Waals surface area (Å²) in [6, 6.07) is 7.73. The number of benzene rings is 2. The predicted octanol–water partition coefficient (Wildman–Crippen LogP) is 9.22. The molecule has 0 bridgehead atoms. The van der Waals surface area contributed by atoms with E-state index in [1.807, 2.05) is 14.1 Å². The van der Waals surface area contributed by atoms with E-state index in [9.17, 15) is 35.9 Å². The molecule has 0 aliphatic carbocycles. The highest BCUT2D eigenvalue weighted by Crippen LogP contribution is 2.37. The van der Waals surface area contributed by atoms with Crippen molar-refractivity contribution < 1.29 is 35.9 Å². The molecule has 2 heterocycles. The van der Waals surface area contributed by atoms with Gasteiger partial charge in [0, 0.05) is 35.4 Å². The first kappa shape index (κ1) is 41.8. The molecule has 0 aliphatic heterocycles. The summed E-state index contributed by atoms with van der Waals surface area (Å²) in [5, 5.41) is 11.6. The van der Waals surface area contributed by atoms with Crippen LogP contribution >= 0.6 is 34.8 Å². The number of anilines is 5. The van der Waals surface area contributed by atoms with Crippen LogP contribution in [0.3, 0.4) is 0 Å². The number of rotatable bonds is 9. The topological polar surface area (TPSA) is 149 Å². The highest BCUT2D eigenvalue weighted by Gasteiger charge is 2.34. The zero-order chi connectivity index (χ0) is 38.8. The zero-order valence-electron chi connectivity index (χ0n) is 27.7. The lowest BCUT2D eigenvalue weighted by molar-refractivity contribution is -0.138. The number of hydrogen-bond donors (Lipinski definition) is 5. The van der Waals surface area contributed by atoms with E-state index in [0.29, 0.717) is 23.8 Å². The molecule has 0 fully saturated rings. The number of nitrogens with one attached hydrogen (secondary N) is 5. The Hall–Kier alpha value is -4.65. The minimum atomic E-state index is -4.63. The molecule has 2 aromatic heterocycles. The molecule has 0 aliphatic rings. The number of amides is 4. The van der Waals surface area contributed by atoms with Gasteiger partial charge in [-0.05, 0) is 83.4 Å². The van der Waals surface area contributed by atoms with Crippen LogP contribution in [-0.4, -0.2) is 64.1 Å². The van der Waals surface area contributed by atoms with Crippen molar-refractivity contribution >= 4 is 76.0 Å². The van der Waals surface area contributed by atoms with Crippen molar-refractivity contribution in [2.24, 2.45) is 0 Å². The Morgan fingerprint density at radius 1 is 0.673 bits per heavy atom. The van der Waals surface area contributed by atoms with Gasteiger partial charge < -0.3 is 20.9 Å². The van der Waals surface area contributed by atoms with Gasteiger partial charge in [-0.1, -0.05) is 34.8 Å². The van der Waals surface area contributed by atoms with Crippen molar-refractivity contribution in [1.82, 2.24) is 24.8 Å². The molecule has 21 heteroatoms. The Labute approximate surface area is 308 Å². The van der Waals surface area contributed by atoms with Gasteiger partial charge >= 0.3 is 24.4 Å². The summed E-state index contributed by atoms with van der Waals surface area (Å²) in [6.07, 6.45) is -8.35. The number of aromatic nitrogens is 4. The SMILES string of the molecule is Cc1cc(Cl)nc(NC(=O)Nc2ccc(Cl)c(C(F)(F)F)c2)n1.Cc1cc(NCCCN(C)C)nc(NC(=O)Nc2ccc(Cl)c(C(F)(F)F)c2)n1. The van der Waals surface area contributed by atoms with E-state index in [-0.39, 0.29) is 28.4 Å². The molecule has 280 valence electrons. The molecule has 0 radical (unpaired) electrons. The second kappa shape index (κ2) is 18.2. The van der Waals surface area contributed by atoms with Gasteiger partial charge in [0.2, 0.25) is 11.9 Å². The van der Waals surface area contributed by atoms with Gasteiger partial charge in [0.15, 0.2) is 0 Å². The Morgan fingerprint density at radius 3 is 1.58 bits per heavy atom. The largest absolute Gasteiger partial charge is 0.417 e. The number of carbonyl (C=O) groups is 2. The minimum absolute atomic E-state index is 0.0302. The van der Waals surface area contributed by atoms with Gasteiger partial charge in [-0.15, -0.1) is 0 Å². The highest BCUT2D eigenvalue weighted by atomic mass is 35.5. The number of carbonyl (C=O) groups excluding carboxylic acids is 2. The summed E-state index contributed by atoms with van der Waals surface area (Å²) in [5.74, 6) is 0.498. The van der Waals surface area contributed by atoms with E-state index in [0.717, 1.165) is 37.2 Å². The number of alkyl halides is 6. The first-order valence-corrected chi connectivity index (χ1v) is 16.0. The van der Waals surface area contributed by atoms with Gasteiger partial charge in [0.25, 0.3) is 0 Å². The van der Waals surface area contributed by atoms with Gasteiger partial charge in [-0.2, -0.15) is 31.3 Å².